The van der Waals surface area contributed by atoms with Crippen molar-refractivity contribution in [1.82, 2.24) is 4.31 Å². The maximum atomic E-state index is 14.5. The molecule has 0 saturated heterocycles. The van der Waals surface area contributed by atoms with Crippen molar-refractivity contribution < 1.29 is 36.7 Å². The van der Waals surface area contributed by atoms with Crippen LogP contribution in [0.3, 0.4) is 0 Å². The molecule has 10 nitrogen and oxygen atoms in total. The number of nitrogens with one attached hydrogen (secondary N) is 1. The first-order valence-corrected chi connectivity index (χ1v) is 12.5. The van der Waals surface area contributed by atoms with Crippen LogP contribution in [0.4, 0.5) is 15.8 Å². The molecule has 3 aromatic rings. The first-order chi connectivity index (χ1) is 18.0. The monoisotopic (exact) mass is 543 g/mol. The van der Waals surface area contributed by atoms with Gasteiger partial charge in [-0.25, -0.2) is 14.0 Å². The smallest absolute Gasteiger partial charge is 0.337 e. The van der Waals surface area contributed by atoms with Gasteiger partial charge in [0, 0.05) is 25.3 Å². The number of amides is 1. The van der Waals surface area contributed by atoms with Gasteiger partial charge in [-0.05, 0) is 48.0 Å². The van der Waals surface area contributed by atoms with Crippen LogP contribution in [-0.4, -0.2) is 58.9 Å². The van der Waals surface area contributed by atoms with Crippen molar-refractivity contribution in [3.05, 3.63) is 94.8 Å². The fourth-order valence-corrected chi connectivity index (χ4v) is 4.55. The minimum atomic E-state index is -4.03. The van der Waals surface area contributed by atoms with Gasteiger partial charge >= 0.3 is 22.1 Å². The molecule has 0 unspecified atom stereocenters. The van der Waals surface area contributed by atoms with Crippen LogP contribution in [0.1, 0.15) is 36.6 Å². The summed E-state index contributed by atoms with van der Waals surface area (Å²) in [6.45, 7) is -0.187. The van der Waals surface area contributed by atoms with Gasteiger partial charge in [-0.2, -0.15) is 12.7 Å². The molecule has 3 rings (SSSR count). The number of hydrogen-bond acceptors (Lipinski definition) is 7. The fourth-order valence-electron chi connectivity index (χ4n) is 3.44. The molecular formula is C26H26FN3O7S. The summed E-state index contributed by atoms with van der Waals surface area (Å²) in [5, 5.41) is 2.61. The van der Waals surface area contributed by atoms with Crippen molar-refractivity contribution in [2.75, 3.05) is 37.9 Å². The Morgan fingerprint density at radius 1 is 0.842 bits per heavy atom. The van der Waals surface area contributed by atoms with Gasteiger partial charge in [0.25, 0.3) is 5.91 Å². The third-order valence-electron chi connectivity index (χ3n) is 5.44. The van der Waals surface area contributed by atoms with Crippen LogP contribution in [0.5, 0.6) is 0 Å². The predicted molar refractivity (Wildman–Crippen MR) is 139 cm³/mol. The first-order valence-electron chi connectivity index (χ1n) is 11.1. The van der Waals surface area contributed by atoms with E-state index >= 15 is 0 Å². The minimum absolute atomic E-state index is 0.0383. The summed E-state index contributed by atoms with van der Waals surface area (Å²) >= 11 is 0. The van der Waals surface area contributed by atoms with Crippen LogP contribution in [0.15, 0.2) is 66.7 Å². The largest absolute Gasteiger partial charge is 0.465 e. The summed E-state index contributed by atoms with van der Waals surface area (Å²) in [5.41, 5.74) is 0.827. The highest BCUT2D eigenvalue weighted by molar-refractivity contribution is 7.90. The van der Waals surface area contributed by atoms with Gasteiger partial charge < -0.3 is 14.8 Å². The van der Waals surface area contributed by atoms with Gasteiger partial charge in [0.1, 0.15) is 5.82 Å². The minimum Gasteiger partial charge on any atom is -0.465 e. The van der Waals surface area contributed by atoms with E-state index in [9.17, 15) is 27.2 Å². The summed E-state index contributed by atoms with van der Waals surface area (Å²) in [4.78, 5) is 36.8. The van der Waals surface area contributed by atoms with Crippen LogP contribution in [0.25, 0.3) is 0 Å². The summed E-state index contributed by atoms with van der Waals surface area (Å²) in [6.07, 6.45) is 0. The molecule has 200 valence electrons. The average molecular weight is 544 g/mol. The van der Waals surface area contributed by atoms with Crippen molar-refractivity contribution in [3.63, 3.8) is 0 Å². The number of hydrogen-bond donors (Lipinski definition) is 1. The second-order valence-electron chi connectivity index (χ2n) is 8.18. The third-order valence-corrected chi connectivity index (χ3v) is 7.24. The molecule has 0 aliphatic carbocycles. The van der Waals surface area contributed by atoms with E-state index in [1.54, 1.807) is 12.1 Å². The molecule has 0 saturated carbocycles. The molecule has 0 bridgehead atoms. The number of nitrogens with zero attached hydrogens (tertiary/aromatic N) is 2. The number of halogens is 1. The highest BCUT2D eigenvalue weighted by atomic mass is 32.2. The Labute approximate surface area is 219 Å². The van der Waals surface area contributed by atoms with Crippen LogP contribution in [0, 0.1) is 5.82 Å². The van der Waals surface area contributed by atoms with Crippen LogP contribution >= 0.6 is 0 Å². The Balaban J connectivity index is 1.86. The van der Waals surface area contributed by atoms with Crippen LogP contribution in [0.2, 0.25) is 0 Å². The lowest BCUT2D eigenvalue weighted by Gasteiger charge is -2.27. The maximum absolute atomic E-state index is 14.5. The number of rotatable bonds is 9. The Bertz CT molecular complexity index is 1420. The fraction of sp³-hybridized carbons (Fsp3) is 0.192. The Hall–Kier alpha value is -4.29. The van der Waals surface area contributed by atoms with E-state index in [0.29, 0.717) is 5.56 Å². The molecule has 12 heteroatoms. The van der Waals surface area contributed by atoms with Gasteiger partial charge in [-0.1, -0.05) is 24.3 Å². The first kappa shape index (κ1) is 28.3. The van der Waals surface area contributed by atoms with Crippen molar-refractivity contribution in [2.45, 2.75) is 6.54 Å². The summed E-state index contributed by atoms with van der Waals surface area (Å²) < 4.78 is 51.6. The molecule has 1 N–H and O–H groups in total. The molecule has 0 aliphatic heterocycles. The predicted octanol–water partition coefficient (Wildman–Crippen LogP) is 3.46. The van der Waals surface area contributed by atoms with Crippen molar-refractivity contribution in [3.8, 4) is 0 Å². The van der Waals surface area contributed by atoms with Crippen LogP contribution < -0.4 is 9.62 Å². The van der Waals surface area contributed by atoms with E-state index in [2.05, 4.69) is 5.32 Å². The van der Waals surface area contributed by atoms with E-state index < -0.39 is 33.9 Å². The molecule has 0 aromatic heterocycles. The van der Waals surface area contributed by atoms with Gasteiger partial charge in [0.2, 0.25) is 0 Å². The molecule has 38 heavy (non-hydrogen) atoms. The third kappa shape index (κ3) is 6.33. The number of carbonyl (C=O) groups excluding carboxylic acids is 3. The molecule has 3 aromatic carbocycles. The van der Waals surface area contributed by atoms with Gasteiger partial charge in [0.15, 0.2) is 0 Å². The Morgan fingerprint density at radius 3 is 1.89 bits per heavy atom. The number of carbonyl (C=O) groups is 3. The number of esters is 2. The van der Waals surface area contributed by atoms with E-state index in [1.165, 1.54) is 82.9 Å². The van der Waals surface area contributed by atoms with E-state index in [4.69, 9.17) is 9.47 Å². The quantitative estimate of drug-likeness (QED) is 0.410. The topological polar surface area (TPSA) is 122 Å². The van der Waals surface area contributed by atoms with Gasteiger partial charge in [0.05, 0.1) is 37.6 Å². The number of benzene rings is 3. The van der Waals surface area contributed by atoms with Gasteiger partial charge in [-0.3, -0.25) is 9.10 Å². The van der Waals surface area contributed by atoms with Gasteiger partial charge in [-0.15, -0.1) is 0 Å². The highest BCUT2D eigenvalue weighted by Crippen LogP contribution is 2.25. The second-order valence-corrected chi connectivity index (χ2v) is 10.2. The molecule has 0 spiro atoms. The SMILES string of the molecule is COC(=O)c1cc(NC(=O)c2ccc(CN(c3ccccc3F)S(=O)(=O)N(C)C)cc2)cc(C(=O)OC)c1. The summed E-state index contributed by atoms with van der Waals surface area (Å²) in [7, 11) is 1.02. The summed E-state index contributed by atoms with van der Waals surface area (Å²) in [6, 6.07) is 15.5. The lowest BCUT2D eigenvalue weighted by Crippen LogP contribution is -2.40. The lowest BCUT2D eigenvalue weighted by molar-refractivity contribution is 0.0598. The molecule has 1 amide bonds. The molecule has 0 atom stereocenters. The highest BCUT2D eigenvalue weighted by Gasteiger charge is 2.27. The number of para-hydroxylation sites is 1. The van der Waals surface area contributed by atoms with Crippen molar-refractivity contribution in [1.29, 1.82) is 0 Å². The molecule has 0 radical (unpaired) electrons. The number of methoxy groups -OCH3 is 2. The zero-order chi connectivity index (χ0) is 28.0. The number of ether oxygens (including phenoxy) is 2. The molecule has 0 heterocycles. The average Bonchev–Trinajstić information content (AvgIpc) is 2.91. The van der Waals surface area contributed by atoms with E-state index in [0.717, 1.165) is 8.61 Å². The van der Waals surface area contributed by atoms with Crippen molar-refractivity contribution >= 4 is 39.4 Å². The lowest BCUT2D eigenvalue weighted by atomic mass is 10.1. The summed E-state index contributed by atoms with van der Waals surface area (Å²) in [5.74, 6) is -2.67. The zero-order valence-electron chi connectivity index (χ0n) is 21.1. The van der Waals surface area contributed by atoms with Crippen LogP contribution in [-0.2, 0) is 26.2 Å². The van der Waals surface area contributed by atoms with E-state index in [1.807, 2.05) is 0 Å². The second kappa shape index (κ2) is 11.8. The molecule has 0 fully saturated rings. The zero-order valence-corrected chi connectivity index (χ0v) is 21.9. The normalized spacial score (nSPS) is 11.1. The molecular weight excluding hydrogens is 517 g/mol. The van der Waals surface area contributed by atoms with Crippen molar-refractivity contribution in [2.24, 2.45) is 0 Å². The Kier molecular flexibility index (Phi) is 8.81. The number of anilines is 2. The standard InChI is InChI=1S/C26H26FN3O7S/c1-29(2)38(34,35)30(23-8-6-5-7-22(23)27)16-17-9-11-18(12-10-17)24(31)28-21-14-19(25(32)36-3)13-20(15-21)26(33)37-4/h5-15H,16H2,1-4H3,(H,28,31). The maximum Gasteiger partial charge on any atom is 0.337 e. The van der Waals surface area contributed by atoms with E-state index in [-0.39, 0.29) is 34.6 Å². The molecule has 0 aliphatic rings. The Morgan fingerprint density at radius 2 is 1.39 bits per heavy atom.